The van der Waals surface area contributed by atoms with E-state index in [-0.39, 0.29) is 18.9 Å². The van der Waals surface area contributed by atoms with E-state index in [9.17, 15) is 45.6 Å². The largest absolute Gasteiger partial charge is 0.394 e. The number of carbonyl (C=O) groups excluding carboxylic acids is 1. The molecule has 2 fully saturated rings. The number of aliphatic hydroxyl groups is 8. The highest BCUT2D eigenvalue weighted by Crippen LogP contribution is 2.30. The molecule has 0 spiro atoms. The van der Waals surface area contributed by atoms with E-state index in [0.29, 0.717) is 12.8 Å². The Morgan fingerprint density at radius 2 is 0.843 bits per heavy atom. The molecule has 2 rings (SSSR count). The van der Waals surface area contributed by atoms with Gasteiger partial charge in [-0.3, -0.25) is 4.79 Å². The van der Waals surface area contributed by atoms with Crippen LogP contribution in [0.4, 0.5) is 0 Å². The van der Waals surface area contributed by atoms with Crippen molar-refractivity contribution >= 4 is 5.91 Å². The third-order valence-corrected chi connectivity index (χ3v) is 14.5. The Morgan fingerprint density at radius 3 is 1.33 bits per heavy atom. The van der Waals surface area contributed by atoms with E-state index in [1.807, 2.05) is 6.08 Å². The molecule has 0 aromatic carbocycles. The maximum atomic E-state index is 13.3. The van der Waals surface area contributed by atoms with Crippen LogP contribution in [-0.2, 0) is 23.7 Å². The van der Waals surface area contributed by atoms with Crippen molar-refractivity contribution < 1.29 is 64.6 Å². The molecule has 0 saturated carbocycles. The quantitative estimate of drug-likeness (QED) is 0.0204. The van der Waals surface area contributed by atoms with Gasteiger partial charge in [0.05, 0.1) is 32.0 Å². The zero-order chi connectivity index (χ0) is 60.2. The van der Waals surface area contributed by atoms with Crippen molar-refractivity contribution in [1.29, 1.82) is 0 Å². The Kier molecular flexibility index (Phi) is 47.5. The molecule has 0 aromatic heterocycles. The van der Waals surface area contributed by atoms with E-state index in [1.165, 1.54) is 64.2 Å². The van der Waals surface area contributed by atoms with Crippen molar-refractivity contribution in [3.05, 3.63) is 134 Å². The molecule has 2 aliphatic heterocycles. The molecule has 2 heterocycles. The van der Waals surface area contributed by atoms with Gasteiger partial charge in [0.25, 0.3) is 0 Å². The van der Waals surface area contributed by atoms with Crippen LogP contribution in [0.5, 0.6) is 0 Å². The summed E-state index contributed by atoms with van der Waals surface area (Å²) < 4.78 is 22.7. The van der Waals surface area contributed by atoms with Gasteiger partial charge in [-0.2, -0.15) is 0 Å². The number of allylic oxidation sites excluding steroid dienone is 21. The highest BCUT2D eigenvalue weighted by Gasteiger charge is 2.51. The number of nitrogens with one attached hydrogen (secondary N) is 1. The number of ether oxygens (including phenoxy) is 4. The summed E-state index contributed by atoms with van der Waals surface area (Å²) in [6.07, 6.45) is 60.7. The normalized spacial score (nSPS) is 24.7. The number of amides is 1. The lowest BCUT2D eigenvalue weighted by Gasteiger charge is -2.46. The van der Waals surface area contributed by atoms with Gasteiger partial charge in [-0.15, -0.1) is 0 Å². The Hall–Kier alpha value is -3.87. The molecule has 83 heavy (non-hydrogen) atoms. The fraction of sp³-hybridized carbons (Fsp3) is 0.667. The molecule has 0 bridgehead atoms. The Balaban J connectivity index is 1.67. The topological polar surface area (TPSA) is 228 Å². The van der Waals surface area contributed by atoms with Crippen molar-refractivity contribution in [2.75, 3.05) is 19.8 Å². The van der Waals surface area contributed by atoms with Gasteiger partial charge >= 0.3 is 0 Å². The van der Waals surface area contributed by atoms with Crippen molar-refractivity contribution in [2.45, 2.75) is 274 Å². The summed E-state index contributed by atoms with van der Waals surface area (Å²) in [5.74, 6) is -0.265. The summed E-state index contributed by atoms with van der Waals surface area (Å²) in [5, 5.41) is 87.1. The summed E-state index contributed by atoms with van der Waals surface area (Å²) in [7, 11) is 0. The predicted octanol–water partition coefficient (Wildman–Crippen LogP) is 11.9. The molecule has 9 N–H and O–H groups in total. The number of unbranched alkanes of at least 4 members (excludes halogenated alkanes) is 16. The lowest BCUT2D eigenvalue weighted by molar-refractivity contribution is -0.359. The van der Waals surface area contributed by atoms with Gasteiger partial charge in [0.15, 0.2) is 12.6 Å². The molecule has 12 unspecified atom stereocenters. The first-order valence-electron chi connectivity index (χ1n) is 31.9. The van der Waals surface area contributed by atoms with E-state index in [0.717, 1.165) is 103 Å². The monoisotopic (exact) mass is 1160 g/mol. The van der Waals surface area contributed by atoms with Gasteiger partial charge in [0.2, 0.25) is 5.91 Å². The molecule has 2 aliphatic rings. The second kappa shape index (κ2) is 52.5. The highest BCUT2D eigenvalue weighted by atomic mass is 16.7. The summed E-state index contributed by atoms with van der Waals surface area (Å²) in [5.41, 5.74) is 0. The summed E-state index contributed by atoms with van der Waals surface area (Å²) in [6, 6.07) is -0.949. The van der Waals surface area contributed by atoms with Gasteiger partial charge in [0.1, 0.15) is 48.8 Å². The van der Waals surface area contributed by atoms with E-state index in [2.05, 4.69) is 141 Å². The Morgan fingerprint density at radius 1 is 0.446 bits per heavy atom. The van der Waals surface area contributed by atoms with Crippen LogP contribution in [0, 0.1) is 0 Å². The third-order valence-electron chi connectivity index (χ3n) is 14.5. The molecular formula is C69H113NO13. The van der Waals surface area contributed by atoms with Gasteiger partial charge in [-0.25, -0.2) is 0 Å². The molecule has 472 valence electrons. The smallest absolute Gasteiger partial charge is 0.220 e. The van der Waals surface area contributed by atoms with Crippen molar-refractivity contribution in [3.8, 4) is 0 Å². The van der Waals surface area contributed by atoms with Gasteiger partial charge in [-0.1, -0.05) is 218 Å². The van der Waals surface area contributed by atoms with Crippen LogP contribution in [0.1, 0.15) is 200 Å². The lowest BCUT2D eigenvalue weighted by Crippen LogP contribution is -2.65. The standard InChI is InChI=1S/C69H113NO13/c1-3-5-7-9-11-13-15-17-19-20-21-22-23-24-25-26-27-28-29-30-31-32-33-34-35-36-37-38-39-41-43-45-47-49-51-53-61(74)70-57(58(73)52-50-48-46-44-42-40-18-16-14-12-10-8-6-4-2)56-80-68-66(79)64(77)67(60(55-72)82-68)83-69-65(78)63(76)62(75)59(54-71)81-69/h5,7,11,13-14,16-17,19,21-22,24-25,27-28,30-31,33-34,42,44,50,52,57-60,62-69,71-73,75-79H,3-4,6,8-10,12,15,18,20,23,26,29,32,35-41,43,45-49,51,53-56H2,1-2H3,(H,70,74)/b7-5-,13-11-,16-14+,19-17-,22-21-,25-24-,28-27-,31-30-,34-33-,44-42+,52-50+. The molecular weight excluding hydrogens is 1050 g/mol. The maximum Gasteiger partial charge on any atom is 0.220 e. The summed E-state index contributed by atoms with van der Waals surface area (Å²) in [4.78, 5) is 13.3. The van der Waals surface area contributed by atoms with Crippen LogP contribution in [0.15, 0.2) is 134 Å². The molecule has 0 radical (unpaired) electrons. The van der Waals surface area contributed by atoms with E-state index in [1.54, 1.807) is 6.08 Å². The molecule has 2 saturated heterocycles. The summed E-state index contributed by atoms with van der Waals surface area (Å²) in [6.45, 7) is 2.61. The number of carbonyl (C=O) groups is 1. The van der Waals surface area contributed by atoms with Gasteiger partial charge < -0.3 is 65.1 Å². The zero-order valence-electron chi connectivity index (χ0n) is 50.9. The number of hydrogen-bond donors (Lipinski definition) is 9. The second-order valence-corrected chi connectivity index (χ2v) is 21.8. The SMILES string of the molecule is CC/C=C\C/C=C\C/C=C\C/C=C\C/C=C\C/C=C\C/C=C\C/C=C\CCCCCCCCCCCCC(=O)NC(COC1OC(CO)C(OC2OC(CO)C(O)C(O)C2O)C(O)C1O)C(O)/C=C/CC/C=C/CC/C=C/CCCCCC. The van der Waals surface area contributed by atoms with Crippen LogP contribution in [0.25, 0.3) is 0 Å². The van der Waals surface area contributed by atoms with E-state index in [4.69, 9.17) is 18.9 Å². The molecule has 1 amide bonds. The minimum Gasteiger partial charge on any atom is -0.394 e. The van der Waals surface area contributed by atoms with Crippen LogP contribution in [0.2, 0.25) is 0 Å². The number of rotatable bonds is 49. The molecule has 12 atom stereocenters. The van der Waals surface area contributed by atoms with Crippen molar-refractivity contribution in [2.24, 2.45) is 0 Å². The first-order chi connectivity index (χ1) is 40.6. The van der Waals surface area contributed by atoms with Crippen molar-refractivity contribution in [3.63, 3.8) is 0 Å². The fourth-order valence-corrected chi connectivity index (χ4v) is 9.45. The lowest BCUT2D eigenvalue weighted by atomic mass is 9.97. The average Bonchev–Trinajstić information content (AvgIpc) is 3.64. The predicted molar refractivity (Wildman–Crippen MR) is 336 cm³/mol. The third kappa shape index (κ3) is 37.3. The van der Waals surface area contributed by atoms with Gasteiger partial charge in [0, 0.05) is 6.42 Å². The first-order valence-corrected chi connectivity index (χ1v) is 31.9. The van der Waals surface area contributed by atoms with Crippen LogP contribution in [0.3, 0.4) is 0 Å². The number of aliphatic hydroxyl groups excluding tert-OH is 8. The fourth-order valence-electron chi connectivity index (χ4n) is 9.45. The Bertz CT molecular complexity index is 1900. The van der Waals surface area contributed by atoms with Crippen LogP contribution < -0.4 is 5.32 Å². The van der Waals surface area contributed by atoms with Crippen LogP contribution in [-0.4, -0.2) is 140 Å². The zero-order valence-corrected chi connectivity index (χ0v) is 50.9. The Labute approximate surface area is 500 Å². The maximum absolute atomic E-state index is 13.3. The number of hydrogen-bond acceptors (Lipinski definition) is 13. The van der Waals surface area contributed by atoms with E-state index < -0.39 is 86.8 Å². The highest BCUT2D eigenvalue weighted by molar-refractivity contribution is 5.76. The van der Waals surface area contributed by atoms with E-state index >= 15 is 0 Å². The second-order valence-electron chi connectivity index (χ2n) is 21.8. The average molecular weight is 1160 g/mol. The summed E-state index contributed by atoms with van der Waals surface area (Å²) >= 11 is 0. The minimum atomic E-state index is -1.80. The van der Waals surface area contributed by atoms with Crippen LogP contribution >= 0.6 is 0 Å². The van der Waals surface area contributed by atoms with Crippen molar-refractivity contribution in [1.82, 2.24) is 5.32 Å². The molecule has 0 aliphatic carbocycles. The molecule has 14 nitrogen and oxygen atoms in total. The molecule has 14 heteroatoms. The minimum absolute atomic E-state index is 0.256. The molecule has 0 aromatic rings. The first kappa shape index (κ1) is 75.2. The van der Waals surface area contributed by atoms with Gasteiger partial charge in [-0.05, 0) is 109 Å².